The van der Waals surface area contributed by atoms with Crippen LogP contribution in [0.3, 0.4) is 0 Å². The van der Waals surface area contributed by atoms with Crippen molar-refractivity contribution >= 4 is 47.0 Å². The van der Waals surface area contributed by atoms with Crippen LogP contribution in [-0.4, -0.2) is 67.8 Å². The van der Waals surface area contributed by atoms with Gasteiger partial charge in [0.25, 0.3) is 5.91 Å². The maximum Gasteiger partial charge on any atom is 0.251 e. The van der Waals surface area contributed by atoms with Crippen LogP contribution in [0, 0.1) is 0 Å². The van der Waals surface area contributed by atoms with Crippen LogP contribution >= 0.6 is 34.8 Å². The predicted octanol–water partition coefficient (Wildman–Crippen LogP) is 5.15. The van der Waals surface area contributed by atoms with E-state index in [1.165, 1.54) is 69.2 Å². The summed E-state index contributed by atoms with van der Waals surface area (Å²) in [5.74, 6) is 0.352. The Bertz CT molecular complexity index is 948. The number of likely N-dealkylation sites (N-methyl/N-ethyl adjacent to an activating group) is 1. The molecule has 0 aliphatic carbocycles. The molecule has 8 heteroatoms. The van der Waals surface area contributed by atoms with Crippen LogP contribution in [0.5, 0.6) is 0 Å². The Kier molecular flexibility index (Phi) is 10.0. The van der Waals surface area contributed by atoms with Gasteiger partial charge in [-0.05, 0) is 87.8 Å². The lowest BCUT2D eigenvalue weighted by Crippen LogP contribution is -2.42. The molecule has 5 nitrogen and oxygen atoms in total. The van der Waals surface area contributed by atoms with Crippen LogP contribution in [-0.2, 0) is 4.79 Å². The monoisotopic (exact) mass is 509 g/mol. The fourth-order valence-electron chi connectivity index (χ4n) is 4.44. The van der Waals surface area contributed by atoms with Crippen LogP contribution in [0.15, 0.2) is 42.5 Å². The van der Waals surface area contributed by atoms with E-state index >= 15 is 0 Å². The third kappa shape index (κ3) is 7.69. The van der Waals surface area contributed by atoms with Crippen molar-refractivity contribution in [3.63, 3.8) is 0 Å². The summed E-state index contributed by atoms with van der Waals surface area (Å²) in [6.07, 6.45) is 4.51. The quantitative estimate of drug-likeness (QED) is 0.566. The van der Waals surface area contributed by atoms with Gasteiger partial charge in [0.2, 0.25) is 0 Å². The van der Waals surface area contributed by atoms with Gasteiger partial charge < -0.3 is 15.0 Å². The third-order valence-corrected chi connectivity index (χ3v) is 7.23. The minimum atomic E-state index is -0.351. The molecule has 1 N–H and O–H groups in total. The van der Waals surface area contributed by atoms with E-state index in [-0.39, 0.29) is 12.5 Å². The lowest BCUT2D eigenvalue weighted by atomic mass is 9.89. The third-order valence-electron chi connectivity index (χ3n) is 6.26. The molecule has 1 atom stereocenters. The van der Waals surface area contributed by atoms with E-state index in [1.807, 2.05) is 6.07 Å². The van der Waals surface area contributed by atoms with Gasteiger partial charge in [-0.15, -0.1) is 0 Å². The van der Waals surface area contributed by atoms with Crippen LogP contribution in [0.1, 0.15) is 41.1 Å². The Hall–Kier alpha value is -1.63. The average Bonchev–Trinajstić information content (AvgIpc) is 3.26. The van der Waals surface area contributed by atoms with Gasteiger partial charge in [0.15, 0.2) is 0 Å². The first-order valence-electron chi connectivity index (χ1n) is 11.2. The molecule has 178 valence electrons. The van der Waals surface area contributed by atoms with Gasteiger partial charge >= 0.3 is 0 Å². The molecular weight excluding hydrogens is 481 g/mol. The van der Waals surface area contributed by atoms with Gasteiger partial charge in [0.1, 0.15) is 6.29 Å². The molecule has 0 radical (unpaired) electrons. The fraction of sp³-hybridized carbons (Fsp3) is 0.440. The van der Waals surface area contributed by atoms with E-state index in [0.717, 1.165) is 11.1 Å². The van der Waals surface area contributed by atoms with Crippen LogP contribution in [0.2, 0.25) is 15.1 Å². The number of hydrogen-bond donors (Lipinski definition) is 1. The molecule has 0 spiro atoms. The number of benzene rings is 2. The summed E-state index contributed by atoms with van der Waals surface area (Å²) in [6, 6.07) is 13.7. The molecular formula is C25H30Cl3N3O2. The van der Waals surface area contributed by atoms with Crippen LogP contribution in [0.4, 0.5) is 0 Å². The van der Waals surface area contributed by atoms with Crippen molar-refractivity contribution in [1.82, 2.24) is 15.1 Å². The van der Waals surface area contributed by atoms with Crippen LogP contribution < -0.4 is 5.32 Å². The standard InChI is InChI=1S/C16H23ClN2.C9H7Cl2NO2/c1-18-8-7-16(12-18)19-9-5-13(6-10-19)14-3-2-4-15(17)11-14;10-7-2-1-6(5-8(7)11)9(14)12-3-4-13/h2-4,11,13,16H,5-10,12H2,1H3;1-2,4-5H,3H2,(H,12,14). The second kappa shape index (κ2) is 12.7. The molecule has 2 aromatic carbocycles. The molecule has 2 fully saturated rings. The number of nitrogens with one attached hydrogen (secondary N) is 1. The van der Waals surface area contributed by atoms with E-state index in [9.17, 15) is 9.59 Å². The van der Waals surface area contributed by atoms with Gasteiger partial charge in [0, 0.05) is 23.2 Å². The first kappa shape index (κ1) is 26.0. The van der Waals surface area contributed by atoms with Gasteiger partial charge in [0.05, 0.1) is 16.6 Å². The number of amides is 1. The zero-order chi connectivity index (χ0) is 23.8. The highest BCUT2D eigenvalue weighted by atomic mass is 35.5. The Labute approximate surface area is 211 Å². The first-order chi connectivity index (χ1) is 15.9. The number of nitrogens with zero attached hydrogens (tertiary/aromatic N) is 2. The van der Waals surface area contributed by atoms with E-state index in [1.54, 1.807) is 0 Å². The van der Waals surface area contributed by atoms with Gasteiger partial charge in [-0.3, -0.25) is 9.69 Å². The van der Waals surface area contributed by atoms with E-state index < -0.39 is 0 Å². The highest BCUT2D eigenvalue weighted by molar-refractivity contribution is 6.42. The van der Waals surface area contributed by atoms with Crippen molar-refractivity contribution in [2.75, 3.05) is 39.8 Å². The Morgan fingerprint density at radius 1 is 1.03 bits per heavy atom. The summed E-state index contributed by atoms with van der Waals surface area (Å²) in [5, 5.41) is 3.96. The number of hydrogen-bond acceptors (Lipinski definition) is 4. The highest BCUT2D eigenvalue weighted by Gasteiger charge is 2.29. The van der Waals surface area contributed by atoms with Gasteiger partial charge in [-0.25, -0.2) is 0 Å². The Morgan fingerprint density at radius 3 is 2.39 bits per heavy atom. The normalized spacial score (nSPS) is 19.6. The molecule has 33 heavy (non-hydrogen) atoms. The minimum absolute atomic E-state index is 0.0148. The Morgan fingerprint density at radius 2 is 1.79 bits per heavy atom. The molecule has 0 saturated carbocycles. The maximum atomic E-state index is 11.3. The number of carbonyl (C=O) groups is 2. The zero-order valence-electron chi connectivity index (χ0n) is 18.8. The number of halogens is 3. The number of likely N-dealkylation sites (tertiary alicyclic amines) is 2. The summed E-state index contributed by atoms with van der Waals surface area (Å²) >= 11 is 17.5. The van der Waals surface area contributed by atoms with Crippen molar-refractivity contribution in [2.45, 2.75) is 31.2 Å². The largest absolute Gasteiger partial charge is 0.345 e. The number of carbonyl (C=O) groups excluding carboxylic acids is 2. The molecule has 2 saturated heterocycles. The van der Waals surface area contributed by atoms with Crippen molar-refractivity contribution < 1.29 is 9.59 Å². The SMILES string of the molecule is CN1CCC(N2CCC(c3cccc(Cl)c3)CC2)C1.O=CCNC(=O)c1ccc(Cl)c(Cl)c1. The molecule has 2 aromatic rings. The molecule has 0 bridgehead atoms. The summed E-state index contributed by atoms with van der Waals surface area (Å²) in [7, 11) is 2.23. The molecule has 0 aromatic heterocycles. The highest BCUT2D eigenvalue weighted by Crippen LogP contribution is 2.31. The summed E-state index contributed by atoms with van der Waals surface area (Å²) in [6.45, 7) is 4.99. The average molecular weight is 511 g/mol. The first-order valence-corrected chi connectivity index (χ1v) is 12.4. The zero-order valence-corrected chi connectivity index (χ0v) is 21.0. The fourth-order valence-corrected chi connectivity index (χ4v) is 4.94. The van der Waals surface area contributed by atoms with E-state index in [2.05, 4.69) is 40.4 Å². The molecule has 2 heterocycles. The molecule has 4 rings (SSSR count). The smallest absolute Gasteiger partial charge is 0.251 e. The Balaban J connectivity index is 0.000000196. The maximum absolute atomic E-state index is 11.3. The topological polar surface area (TPSA) is 52.6 Å². The van der Waals surface area contributed by atoms with E-state index in [0.29, 0.717) is 27.8 Å². The molecule has 2 aliphatic heterocycles. The second-order valence-corrected chi connectivity index (χ2v) is 9.83. The lowest BCUT2D eigenvalue weighted by molar-refractivity contribution is -0.107. The van der Waals surface area contributed by atoms with Crippen molar-refractivity contribution in [3.8, 4) is 0 Å². The van der Waals surface area contributed by atoms with Crippen molar-refractivity contribution in [1.29, 1.82) is 0 Å². The van der Waals surface area contributed by atoms with Crippen molar-refractivity contribution in [2.24, 2.45) is 0 Å². The molecule has 1 unspecified atom stereocenters. The van der Waals surface area contributed by atoms with Crippen molar-refractivity contribution in [3.05, 3.63) is 68.7 Å². The molecule has 1 amide bonds. The lowest BCUT2D eigenvalue weighted by Gasteiger charge is -2.36. The summed E-state index contributed by atoms with van der Waals surface area (Å²) in [4.78, 5) is 26.4. The summed E-state index contributed by atoms with van der Waals surface area (Å²) in [5.41, 5.74) is 1.80. The number of aldehydes is 1. The van der Waals surface area contributed by atoms with Gasteiger partial charge in [-0.2, -0.15) is 0 Å². The number of piperidine rings is 1. The predicted molar refractivity (Wildman–Crippen MR) is 136 cm³/mol. The molecule has 2 aliphatic rings. The minimum Gasteiger partial charge on any atom is -0.345 e. The number of rotatable bonds is 5. The second-order valence-electron chi connectivity index (χ2n) is 8.58. The van der Waals surface area contributed by atoms with Crippen LogP contribution in [0.25, 0.3) is 0 Å². The van der Waals surface area contributed by atoms with Gasteiger partial charge in [-0.1, -0.05) is 46.9 Å². The van der Waals surface area contributed by atoms with E-state index in [4.69, 9.17) is 34.8 Å². The summed E-state index contributed by atoms with van der Waals surface area (Å²) < 4.78 is 0.